The van der Waals surface area contributed by atoms with Crippen molar-refractivity contribution in [2.45, 2.75) is 6.42 Å². The lowest BCUT2D eigenvalue weighted by molar-refractivity contribution is 0.621. The first-order valence-electron chi connectivity index (χ1n) is 7.41. The first kappa shape index (κ1) is 14.9. The number of aryl methyl sites for hydroxylation is 1. The average molecular weight is 319 g/mol. The molecule has 2 aromatic rings. The van der Waals surface area contributed by atoms with Crippen LogP contribution in [0.5, 0.6) is 0 Å². The molecule has 0 spiro atoms. The summed E-state index contributed by atoms with van der Waals surface area (Å²) in [5.74, 6) is 0.528. The lowest BCUT2D eigenvalue weighted by Crippen LogP contribution is -2.24. The fourth-order valence-corrected chi connectivity index (χ4v) is 3.00. The van der Waals surface area contributed by atoms with Gasteiger partial charge < -0.3 is 10.2 Å². The maximum atomic E-state index is 11.7. The van der Waals surface area contributed by atoms with Crippen molar-refractivity contribution in [3.05, 3.63) is 51.9 Å². The molecule has 0 saturated carbocycles. The van der Waals surface area contributed by atoms with Crippen molar-refractivity contribution < 1.29 is 0 Å². The number of benzene rings is 1. The van der Waals surface area contributed by atoms with Crippen molar-refractivity contribution in [2.75, 3.05) is 29.9 Å². The number of nitrogens with zero attached hydrogens (tertiary/aromatic N) is 3. The fourth-order valence-electron chi connectivity index (χ4n) is 2.76. The van der Waals surface area contributed by atoms with Gasteiger partial charge in [-0.1, -0.05) is 29.8 Å². The molecule has 1 unspecified atom stereocenters. The molecule has 0 amide bonds. The summed E-state index contributed by atoms with van der Waals surface area (Å²) in [4.78, 5) is 14.1. The van der Waals surface area contributed by atoms with Gasteiger partial charge in [0.05, 0.1) is 11.9 Å². The molecule has 1 fully saturated rings. The van der Waals surface area contributed by atoms with Crippen LogP contribution in [0.25, 0.3) is 0 Å². The molecule has 1 aromatic heterocycles. The quantitative estimate of drug-likeness (QED) is 0.940. The highest BCUT2D eigenvalue weighted by molar-refractivity contribution is 6.32. The smallest absolute Gasteiger partial charge is 0.287 e. The summed E-state index contributed by atoms with van der Waals surface area (Å²) in [6, 6.07) is 10.4. The Hall–Kier alpha value is -2.01. The fraction of sp³-hybridized carbons (Fsp3) is 0.375. The zero-order valence-corrected chi connectivity index (χ0v) is 13.3. The maximum absolute atomic E-state index is 11.7. The standard InChI is InChI=1S/C16H19ClN4O/c1-20-16(22)15(17)14(10-19-20)18-9-12-7-8-21(11-12)13-5-3-2-4-6-13/h2-6,10,12,18H,7-9,11H2,1H3. The molecule has 5 nitrogen and oxygen atoms in total. The molecular weight excluding hydrogens is 300 g/mol. The second-order valence-corrected chi connectivity index (χ2v) is 6.00. The second kappa shape index (κ2) is 6.40. The largest absolute Gasteiger partial charge is 0.382 e. The average Bonchev–Trinajstić information content (AvgIpc) is 3.02. The van der Waals surface area contributed by atoms with Crippen molar-refractivity contribution in [3.63, 3.8) is 0 Å². The normalized spacial score (nSPS) is 17.7. The molecule has 3 rings (SSSR count). The molecule has 2 heterocycles. The predicted molar refractivity (Wildman–Crippen MR) is 89.7 cm³/mol. The van der Waals surface area contributed by atoms with Crippen LogP contribution in [0.1, 0.15) is 6.42 Å². The van der Waals surface area contributed by atoms with Gasteiger partial charge in [-0.2, -0.15) is 5.10 Å². The summed E-state index contributed by atoms with van der Waals surface area (Å²) >= 11 is 6.06. The summed E-state index contributed by atoms with van der Waals surface area (Å²) in [6.45, 7) is 2.85. The van der Waals surface area contributed by atoms with Crippen LogP contribution < -0.4 is 15.8 Å². The number of hydrogen-bond donors (Lipinski definition) is 1. The summed E-state index contributed by atoms with van der Waals surface area (Å²) in [5, 5.41) is 7.46. The van der Waals surface area contributed by atoms with E-state index >= 15 is 0 Å². The van der Waals surface area contributed by atoms with Crippen LogP contribution in [0.2, 0.25) is 5.02 Å². The third kappa shape index (κ3) is 3.09. The summed E-state index contributed by atoms with van der Waals surface area (Å²) < 4.78 is 1.24. The lowest BCUT2D eigenvalue weighted by Gasteiger charge is -2.19. The van der Waals surface area contributed by atoms with E-state index in [1.807, 2.05) is 6.07 Å². The van der Waals surface area contributed by atoms with E-state index in [1.54, 1.807) is 13.2 Å². The van der Waals surface area contributed by atoms with Gasteiger partial charge in [-0.15, -0.1) is 0 Å². The Labute approximate surface area is 134 Å². The number of halogens is 1. The number of nitrogens with one attached hydrogen (secondary N) is 1. The number of anilines is 2. The third-order valence-corrected chi connectivity index (χ3v) is 4.43. The van der Waals surface area contributed by atoms with Gasteiger partial charge in [0, 0.05) is 32.4 Å². The number of rotatable bonds is 4. The highest BCUT2D eigenvalue weighted by Gasteiger charge is 2.22. The Bertz CT molecular complexity index is 701. The van der Waals surface area contributed by atoms with Crippen molar-refractivity contribution in [1.29, 1.82) is 0 Å². The molecule has 116 valence electrons. The third-order valence-electron chi connectivity index (χ3n) is 4.07. The molecular formula is C16H19ClN4O. The molecule has 1 atom stereocenters. The minimum absolute atomic E-state index is 0.204. The Morgan fingerprint density at radius 2 is 2.14 bits per heavy atom. The van der Waals surface area contributed by atoms with E-state index in [0.717, 1.165) is 26.1 Å². The van der Waals surface area contributed by atoms with Crippen LogP contribution in [0.15, 0.2) is 41.3 Å². The Kier molecular flexibility index (Phi) is 4.34. The molecule has 1 aliphatic heterocycles. The summed E-state index contributed by atoms with van der Waals surface area (Å²) in [7, 11) is 1.59. The zero-order chi connectivity index (χ0) is 15.5. The van der Waals surface area contributed by atoms with E-state index in [2.05, 4.69) is 39.6 Å². The Morgan fingerprint density at radius 1 is 1.36 bits per heavy atom. The number of aromatic nitrogens is 2. The van der Waals surface area contributed by atoms with Crippen LogP contribution in [0.4, 0.5) is 11.4 Å². The van der Waals surface area contributed by atoms with Crippen LogP contribution in [0.3, 0.4) is 0 Å². The number of hydrogen-bond acceptors (Lipinski definition) is 4. The van der Waals surface area contributed by atoms with Gasteiger partial charge in [-0.25, -0.2) is 4.68 Å². The summed E-state index contributed by atoms with van der Waals surface area (Å²) in [5.41, 5.74) is 1.60. The highest BCUT2D eigenvalue weighted by Crippen LogP contribution is 2.24. The van der Waals surface area contributed by atoms with Gasteiger partial charge in [-0.3, -0.25) is 4.79 Å². The molecule has 0 radical (unpaired) electrons. The molecule has 1 aliphatic rings. The van der Waals surface area contributed by atoms with Crippen molar-refractivity contribution in [1.82, 2.24) is 9.78 Å². The van der Waals surface area contributed by atoms with Crippen LogP contribution >= 0.6 is 11.6 Å². The first-order valence-corrected chi connectivity index (χ1v) is 7.78. The van der Waals surface area contributed by atoms with Gasteiger partial charge >= 0.3 is 0 Å². The molecule has 1 N–H and O–H groups in total. The molecule has 0 aliphatic carbocycles. The van der Waals surface area contributed by atoms with Gasteiger partial charge in [0.15, 0.2) is 0 Å². The van der Waals surface area contributed by atoms with Gasteiger partial charge in [0.2, 0.25) is 0 Å². The van der Waals surface area contributed by atoms with Crippen molar-refractivity contribution in [2.24, 2.45) is 13.0 Å². The minimum Gasteiger partial charge on any atom is -0.382 e. The van der Waals surface area contributed by atoms with E-state index in [9.17, 15) is 4.79 Å². The van der Waals surface area contributed by atoms with E-state index in [4.69, 9.17) is 11.6 Å². The SMILES string of the molecule is Cn1ncc(NCC2CCN(c3ccccc3)C2)c(Cl)c1=O. The maximum Gasteiger partial charge on any atom is 0.287 e. The van der Waals surface area contributed by atoms with Crippen molar-refractivity contribution in [3.8, 4) is 0 Å². The van der Waals surface area contributed by atoms with E-state index in [-0.39, 0.29) is 10.6 Å². The molecule has 22 heavy (non-hydrogen) atoms. The Balaban J connectivity index is 1.60. The summed E-state index contributed by atoms with van der Waals surface area (Å²) in [6.07, 6.45) is 2.73. The van der Waals surface area contributed by atoms with Crippen LogP contribution in [-0.2, 0) is 7.05 Å². The lowest BCUT2D eigenvalue weighted by atomic mass is 10.1. The number of para-hydroxylation sites is 1. The van der Waals surface area contributed by atoms with E-state index in [1.165, 1.54) is 10.4 Å². The van der Waals surface area contributed by atoms with Gasteiger partial charge in [-0.05, 0) is 24.5 Å². The second-order valence-electron chi connectivity index (χ2n) is 5.62. The molecule has 1 saturated heterocycles. The highest BCUT2D eigenvalue weighted by atomic mass is 35.5. The van der Waals surface area contributed by atoms with Crippen LogP contribution in [0, 0.1) is 5.92 Å². The van der Waals surface area contributed by atoms with Crippen molar-refractivity contribution >= 4 is 23.0 Å². The Morgan fingerprint density at radius 3 is 2.91 bits per heavy atom. The van der Waals surface area contributed by atoms with Crippen LogP contribution in [-0.4, -0.2) is 29.4 Å². The van der Waals surface area contributed by atoms with Gasteiger partial charge in [0.1, 0.15) is 5.02 Å². The van der Waals surface area contributed by atoms with Gasteiger partial charge in [0.25, 0.3) is 5.56 Å². The predicted octanol–water partition coefficient (Wildman–Crippen LogP) is 2.37. The molecule has 1 aromatic carbocycles. The zero-order valence-electron chi connectivity index (χ0n) is 12.5. The molecule has 6 heteroatoms. The minimum atomic E-state index is -0.274. The van der Waals surface area contributed by atoms with E-state index in [0.29, 0.717) is 11.6 Å². The topological polar surface area (TPSA) is 50.2 Å². The van der Waals surface area contributed by atoms with E-state index < -0.39 is 0 Å². The molecule has 0 bridgehead atoms. The monoisotopic (exact) mass is 318 g/mol. The first-order chi connectivity index (χ1) is 10.6.